The topological polar surface area (TPSA) is 49.4 Å². The van der Waals surface area contributed by atoms with E-state index in [4.69, 9.17) is 23.2 Å². The van der Waals surface area contributed by atoms with E-state index in [0.29, 0.717) is 22.3 Å². The molecule has 4 nitrogen and oxygen atoms in total. The zero-order valence-electron chi connectivity index (χ0n) is 16.5. The lowest BCUT2D eigenvalue weighted by Crippen LogP contribution is -2.40. The van der Waals surface area contributed by atoms with Crippen molar-refractivity contribution in [2.24, 2.45) is 0 Å². The molecule has 0 aliphatic carbocycles. The maximum Gasteiger partial charge on any atom is 0.244 e. The third-order valence-electron chi connectivity index (χ3n) is 4.77. The van der Waals surface area contributed by atoms with Crippen molar-refractivity contribution >= 4 is 40.7 Å². The van der Waals surface area contributed by atoms with Gasteiger partial charge in [0.2, 0.25) is 11.8 Å². The largest absolute Gasteiger partial charge is 0.333 e. The van der Waals surface area contributed by atoms with Crippen molar-refractivity contribution in [1.29, 1.82) is 0 Å². The van der Waals surface area contributed by atoms with E-state index in [0.717, 1.165) is 11.1 Å². The van der Waals surface area contributed by atoms with Gasteiger partial charge in [-0.05, 0) is 30.2 Å². The van der Waals surface area contributed by atoms with Gasteiger partial charge >= 0.3 is 0 Å². The van der Waals surface area contributed by atoms with E-state index in [1.165, 1.54) is 4.90 Å². The molecule has 0 fully saturated rings. The van der Waals surface area contributed by atoms with Crippen LogP contribution in [0, 0.1) is 0 Å². The van der Waals surface area contributed by atoms with Crippen LogP contribution < -0.4 is 5.32 Å². The molecule has 3 aromatic carbocycles. The number of halogens is 2. The average Bonchev–Trinajstić information content (AvgIpc) is 2.76. The minimum absolute atomic E-state index is 0.104. The lowest BCUT2D eigenvalue weighted by atomic mass is 9.90. The molecule has 30 heavy (non-hydrogen) atoms. The lowest BCUT2D eigenvalue weighted by Gasteiger charge is -2.26. The van der Waals surface area contributed by atoms with Crippen molar-refractivity contribution in [1.82, 2.24) is 4.90 Å². The number of benzene rings is 3. The Hall–Kier alpha value is -2.82. The van der Waals surface area contributed by atoms with Crippen LogP contribution in [0.5, 0.6) is 0 Å². The van der Waals surface area contributed by atoms with Crippen LogP contribution in [0.15, 0.2) is 78.9 Å². The Morgan fingerprint density at radius 1 is 0.833 bits per heavy atom. The zero-order chi connectivity index (χ0) is 21.5. The van der Waals surface area contributed by atoms with Crippen molar-refractivity contribution in [3.8, 4) is 0 Å². The van der Waals surface area contributed by atoms with Gasteiger partial charge in [0.05, 0.1) is 28.2 Å². The molecule has 0 heterocycles. The fourth-order valence-electron chi connectivity index (χ4n) is 3.27. The molecule has 0 aliphatic rings. The number of likely N-dealkylation sites (N-methyl/N-ethyl adjacent to an activating group) is 1. The quantitative estimate of drug-likeness (QED) is 0.518. The molecule has 3 aromatic rings. The van der Waals surface area contributed by atoms with Crippen LogP contribution in [0.1, 0.15) is 24.0 Å². The summed E-state index contributed by atoms with van der Waals surface area (Å²) in [5, 5.41) is 3.41. The summed E-state index contributed by atoms with van der Waals surface area (Å²) in [5.41, 5.74) is 2.10. The van der Waals surface area contributed by atoms with Gasteiger partial charge in [0.15, 0.2) is 0 Å². The highest BCUT2D eigenvalue weighted by atomic mass is 35.5. The van der Waals surface area contributed by atoms with E-state index in [1.807, 2.05) is 67.6 Å². The predicted octanol–water partition coefficient (Wildman–Crippen LogP) is 5.61. The Balaban J connectivity index is 1.83. The molecule has 0 saturated heterocycles. The number of anilines is 1. The van der Waals surface area contributed by atoms with Gasteiger partial charge in [-0.25, -0.2) is 0 Å². The second-order valence-electron chi connectivity index (χ2n) is 6.75. The molecule has 0 radical (unpaired) electrons. The van der Waals surface area contributed by atoms with Gasteiger partial charge < -0.3 is 10.2 Å². The number of carbonyl (C=O) groups is 2. The van der Waals surface area contributed by atoms with E-state index >= 15 is 0 Å². The first-order valence-electron chi connectivity index (χ1n) is 9.63. The van der Waals surface area contributed by atoms with E-state index in [1.54, 1.807) is 18.2 Å². The maximum atomic E-state index is 13.5. The summed E-state index contributed by atoms with van der Waals surface area (Å²) in [7, 11) is 0. The van der Waals surface area contributed by atoms with Gasteiger partial charge in [0.25, 0.3) is 0 Å². The van der Waals surface area contributed by atoms with Crippen LogP contribution in [-0.2, 0) is 9.59 Å². The zero-order valence-corrected chi connectivity index (χ0v) is 18.0. The van der Waals surface area contributed by atoms with E-state index in [-0.39, 0.29) is 18.4 Å². The lowest BCUT2D eigenvalue weighted by molar-refractivity contribution is -0.135. The molecule has 0 aliphatic heterocycles. The maximum absolute atomic E-state index is 13.5. The van der Waals surface area contributed by atoms with Crippen LogP contribution in [0.4, 0.5) is 5.69 Å². The third kappa shape index (κ3) is 5.21. The Labute approximate surface area is 186 Å². The fraction of sp³-hybridized carbons (Fsp3) is 0.167. The highest BCUT2D eigenvalue weighted by Crippen LogP contribution is 2.30. The molecule has 0 bridgehead atoms. The second kappa shape index (κ2) is 10.3. The number of hydrogen-bond donors (Lipinski definition) is 1. The van der Waals surface area contributed by atoms with Crippen molar-refractivity contribution in [2.45, 2.75) is 12.8 Å². The number of hydrogen-bond acceptors (Lipinski definition) is 2. The van der Waals surface area contributed by atoms with Crippen LogP contribution in [0.3, 0.4) is 0 Å². The molecule has 0 spiro atoms. The first kappa shape index (κ1) is 21.9. The molecule has 0 saturated carbocycles. The molecule has 154 valence electrons. The summed E-state index contributed by atoms with van der Waals surface area (Å²) in [6.07, 6.45) is 0. The standard InChI is InChI=1S/C24H22Cl2N2O2/c1-2-28(16-21(29)27-23-19(25)14-9-15-20(23)26)24(30)22(17-10-5-3-6-11-17)18-12-7-4-8-13-18/h3-15,22H,2,16H2,1H3,(H,27,29). The fourth-order valence-corrected chi connectivity index (χ4v) is 3.76. The third-order valence-corrected chi connectivity index (χ3v) is 5.40. The first-order chi connectivity index (χ1) is 14.5. The van der Waals surface area contributed by atoms with E-state index in [2.05, 4.69) is 5.32 Å². The SMILES string of the molecule is CCN(CC(=O)Nc1c(Cl)cccc1Cl)C(=O)C(c1ccccc1)c1ccccc1. The number of amides is 2. The van der Waals surface area contributed by atoms with Crippen molar-refractivity contribution < 1.29 is 9.59 Å². The highest BCUT2D eigenvalue weighted by Gasteiger charge is 2.28. The smallest absolute Gasteiger partial charge is 0.244 e. The monoisotopic (exact) mass is 440 g/mol. The second-order valence-corrected chi connectivity index (χ2v) is 7.57. The van der Waals surface area contributed by atoms with Gasteiger partial charge in [-0.2, -0.15) is 0 Å². The van der Waals surface area contributed by atoms with Gasteiger partial charge in [-0.15, -0.1) is 0 Å². The molecule has 0 aromatic heterocycles. The molecular formula is C24H22Cl2N2O2. The molecule has 3 rings (SSSR count). The molecule has 2 amide bonds. The van der Waals surface area contributed by atoms with Crippen molar-refractivity contribution in [3.63, 3.8) is 0 Å². The van der Waals surface area contributed by atoms with Crippen LogP contribution in [0.2, 0.25) is 10.0 Å². The normalized spacial score (nSPS) is 10.7. The number of rotatable bonds is 7. The Morgan fingerprint density at radius 2 is 1.33 bits per heavy atom. The van der Waals surface area contributed by atoms with Gasteiger partial charge in [0, 0.05) is 6.54 Å². The van der Waals surface area contributed by atoms with Gasteiger partial charge in [0.1, 0.15) is 0 Å². The molecular weight excluding hydrogens is 419 g/mol. The number of nitrogens with one attached hydrogen (secondary N) is 1. The molecule has 1 N–H and O–H groups in total. The van der Waals surface area contributed by atoms with Crippen molar-refractivity contribution in [3.05, 3.63) is 100 Å². The van der Waals surface area contributed by atoms with Crippen LogP contribution in [0.25, 0.3) is 0 Å². The number of para-hydroxylation sites is 1. The molecule has 6 heteroatoms. The molecule has 0 unspecified atom stereocenters. The Morgan fingerprint density at radius 3 is 1.80 bits per heavy atom. The number of carbonyl (C=O) groups excluding carboxylic acids is 2. The Kier molecular flexibility index (Phi) is 7.50. The number of nitrogens with zero attached hydrogens (tertiary/aromatic N) is 1. The molecule has 0 atom stereocenters. The Bertz CT molecular complexity index is 950. The van der Waals surface area contributed by atoms with Crippen LogP contribution in [-0.4, -0.2) is 29.8 Å². The summed E-state index contributed by atoms with van der Waals surface area (Å²) < 4.78 is 0. The van der Waals surface area contributed by atoms with Crippen molar-refractivity contribution in [2.75, 3.05) is 18.4 Å². The van der Waals surface area contributed by atoms with E-state index in [9.17, 15) is 9.59 Å². The summed E-state index contributed by atoms with van der Waals surface area (Å²) in [6, 6.07) is 24.1. The summed E-state index contributed by atoms with van der Waals surface area (Å²) in [4.78, 5) is 27.7. The summed E-state index contributed by atoms with van der Waals surface area (Å²) in [6.45, 7) is 2.13. The minimum Gasteiger partial charge on any atom is -0.333 e. The first-order valence-corrected chi connectivity index (χ1v) is 10.4. The minimum atomic E-state index is -0.496. The van der Waals surface area contributed by atoms with Crippen LogP contribution >= 0.6 is 23.2 Å². The van der Waals surface area contributed by atoms with Gasteiger partial charge in [-0.1, -0.05) is 89.9 Å². The summed E-state index contributed by atoms with van der Waals surface area (Å²) in [5.74, 6) is -1.00. The van der Waals surface area contributed by atoms with Gasteiger partial charge in [-0.3, -0.25) is 9.59 Å². The van der Waals surface area contributed by atoms with E-state index < -0.39 is 5.92 Å². The predicted molar refractivity (Wildman–Crippen MR) is 122 cm³/mol. The average molecular weight is 441 g/mol. The summed E-state index contributed by atoms with van der Waals surface area (Å²) >= 11 is 12.3. The highest BCUT2D eigenvalue weighted by molar-refractivity contribution is 6.39.